The number of hydrogen-bond acceptors (Lipinski definition) is 2. The number of hydrogen-bond donors (Lipinski definition) is 1. The molecule has 1 N–H and O–H groups in total. The van der Waals surface area contributed by atoms with E-state index in [1.165, 1.54) is 64.2 Å². The summed E-state index contributed by atoms with van der Waals surface area (Å²) in [6, 6.07) is 5.62. The predicted molar refractivity (Wildman–Crippen MR) is 101 cm³/mol. The lowest BCUT2D eigenvalue weighted by atomic mass is 10.00. The molecule has 1 nitrogen and oxygen atoms in total. The first-order valence-electron chi connectivity index (χ1n) is 8.98. The summed E-state index contributed by atoms with van der Waals surface area (Å²) in [7, 11) is 0. The largest absolute Gasteiger partial charge is 0.508 e. The molecule has 1 aromatic carbocycles. The first-order chi connectivity index (χ1) is 10.7. The van der Waals surface area contributed by atoms with Gasteiger partial charge in [-0.15, -0.1) is 0 Å². The normalized spacial score (nSPS) is 10.8. The lowest BCUT2D eigenvalue weighted by molar-refractivity contribution is 0.471. The molecule has 0 saturated heterocycles. The molecule has 22 heavy (non-hydrogen) atoms. The van der Waals surface area contributed by atoms with E-state index in [2.05, 4.69) is 6.92 Å². The van der Waals surface area contributed by atoms with Crippen LogP contribution >= 0.6 is 12.2 Å². The van der Waals surface area contributed by atoms with Crippen LogP contribution in [-0.2, 0) is 0 Å². The van der Waals surface area contributed by atoms with Crippen molar-refractivity contribution in [2.45, 2.75) is 84.5 Å². The van der Waals surface area contributed by atoms with Crippen molar-refractivity contribution >= 4 is 17.1 Å². The molecular weight excluding hydrogens is 288 g/mol. The van der Waals surface area contributed by atoms with Gasteiger partial charge in [0.05, 0.1) is 0 Å². The van der Waals surface area contributed by atoms with E-state index in [1.54, 1.807) is 6.07 Å². The van der Waals surface area contributed by atoms with E-state index in [4.69, 9.17) is 12.2 Å². The highest BCUT2D eigenvalue weighted by Crippen LogP contribution is 2.22. The second-order valence-electron chi connectivity index (χ2n) is 6.30. The quantitative estimate of drug-likeness (QED) is 0.262. The lowest BCUT2D eigenvalue weighted by Crippen LogP contribution is -2.00. The Hall–Kier alpha value is -0.890. The van der Waals surface area contributed by atoms with Gasteiger partial charge in [0.1, 0.15) is 5.75 Å². The van der Waals surface area contributed by atoms with Crippen LogP contribution in [-0.4, -0.2) is 9.97 Å². The van der Waals surface area contributed by atoms with Crippen LogP contribution in [0.1, 0.15) is 88.7 Å². The topological polar surface area (TPSA) is 20.2 Å². The summed E-state index contributed by atoms with van der Waals surface area (Å²) in [4.78, 5) is 0.993. The average Bonchev–Trinajstić information content (AvgIpc) is 2.51. The molecule has 0 bridgehead atoms. The first kappa shape index (κ1) is 19.2. The van der Waals surface area contributed by atoms with Crippen molar-refractivity contribution in [2.75, 3.05) is 0 Å². The Kier molecular flexibility index (Phi) is 10.1. The second-order valence-corrected chi connectivity index (χ2v) is 6.80. The SMILES string of the molecule is CCCCCCCCCCCCC(=S)c1cccc(O)c1C. The Morgan fingerprint density at radius 3 is 2.05 bits per heavy atom. The van der Waals surface area contributed by atoms with E-state index in [-0.39, 0.29) is 0 Å². The van der Waals surface area contributed by atoms with Crippen LogP contribution in [0.25, 0.3) is 0 Å². The Bertz CT molecular complexity index is 439. The highest BCUT2D eigenvalue weighted by atomic mass is 32.1. The van der Waals surface area contributed by atoms with Crippen LogP contribution in [0, 0.1) is 6.92 Å². The molecule has 0 atom stereocenters. The van der Waals surface area contributed by atoms with Gasteiger partial charge in [-0.05, 0) is 37.0 Å². The zero-order valence-electron chi connectivity index (χ0n) is 14.4. The van der Waals surface area contributed by atoms with Crippen molar-refractivity contribution in [1.82, 2.24) is 0 Å². The Labute approximate surface area is 142 Å². The Morgan fingerprint density at radius 2 is 1.45 bits per heavy atom. The molecule has 0 saturated carbocycles. The van der Waals surface area contributed by atoms with Gasteiger partial charge in [0.25, 0.3) is 0 Å². The van der Waals surface area contributed by atoms with Gasteiger partial charge in [-0.1, -0.05) is 89.1 Å². The zero-order chi connectivity index (χ0) is 16.2. The van der Waals surface area contributed by atoms with Crippen LogP contribution in [0.3, 0.4) is 0 Å². The fraction of sp³-hybridized carbons (Fsp3) is 0.650. The van der Waals surface area contributed by atoms with Gasteiger partial charge in [0.2, 0.25) is 0 Å². The van der Waals surface area contributed by atoms with Gasteiger partial charge < -0.3 is 5.11 Å². The van der Waals surface area contributed by atoms with E-state index < -0.39 is 0 Å². The van der Waals surface area contributed by atoms with Crippen LogP contribution in [0.5, 0.6) is 5.75 Å². The lowest BCUT2D eigenvalue weighted by Gasteiger charge is -2.09. The minimum atomic E-state index is 0.350. The summed E-state index contributed by atoms with van der Waals surface area (Å²) in [6.07, 6.45) is 14.4. The summed E-state index contributed by atoms with van der Waals surface area (Å²) < 4.78 is 0. The Balaban J connectivity index is 2.07. The number of phenols is 1. The molecule has 0 aromatic heterocycles. The smallest absolute Gasteiger partial charge is 0.119 e. The highest BCUT2D eigenvalue weighted by molar-refractivity contribution is 7.80. The van der Waals surface area contributed by atoms with Gasteiger partial charge in [0, 0.05) is 4.86 Å². The maximum absolute atomic E-state index is 9.74. The summed E-state index contributed by atoms with van der Waals surface area (Å²) >= 11 is 5.52. The molecule has 124 valence electrons. The summed E-state index contributed by atoms with van der Waals surface area (Å²) in [5.41, 5.74) is 1.96. The average molecular weight is 321 g/mol. The maximum atomic E-state index is 9.74. The van der Waals surface area contributed by atoms with Crippen molar-refractivity contribution < 1.29 is 5.11 Å². The monoisotopic (exact) mass is 320 g/mol. The van der Waals surface area contributed by atoms with E-state index >= 15 is 0 Å². The first-order valence-corrected chi connectivity index (χ1v) is 9.39. The summed E-state index contributed by atoms with van der Waals surface area (Å²) in [5, 5.41) is 9.74. The maximum Gasteiger partial charge on any atom is 0.119 e. The van der Waals surface area contributed by atoms with Crippen molar-refractivity contribution in [1.29, 1.82) is 0 Å². The highest BCUT2D eigenvalue weighted by Gasteiger charge is 2.07. The van der Waals surface area contributed by atoms with Crippen molar-refractivity contribution in [3.8, 4) is 5.75 Å². The number of unbranched alkanes of at least 4 members (excludes halogenated alkanes) is 9. The third-order valence-electron chi connectivity index (χ3n) is 4.36. The molecule has 1 aromatic rings. The third-order valence-corrected chi connectivity index (χ3v) is 4.79. The zero-order valence-corrected chi connectivity index (χ0v) is 15.2. The number of thiocarbonyl (C=S) groups is 1. The van der Waals surface area contributed by atoms with Crippen molar-refractivity contribution in [3.05, 3.63) is 29.3 Å². The molecule has 0 amide bonds. The van der Waals surface area contributed by atoms with Gasteiger partial charge in [-0.25, -0.2) is 0 Å². The fourth-order valence-electron chi connectivity index (χ4n) is 2.83. The molecule has 0 aliphatic heterocycles. The van der Waals surface area contributed by atoms with Crippen molar-refractivity contribution in [3.63, 3.8) is 0 Å². The predicted octanol–water partition coefficient (Wildman–Crippen LogP) is 6.73. The van der Waals surface area contributed by atoms with E-state index in [0.29, 0.717) is 5.75 Å². The van der Waals surface area contributed by atoms with E-state index in [0.717, 1.165) is 22.4 Å². The van der Waals surface area contributed by atoms with Crippen LogP contribution in [0.15, 0.2) is 18.2 Å². The van der Waals surface area contributed by atoms with Crippen LogP contribution < -0.4 is 0 Å². The van der Waals surface area contributed by atoms with Gasteiger partial charge in [0.15, 0.2) is 0 Å². The van der Waals surface area contributed by atoms with Crippen molar-refractivity contribution in [2.24, 2.45) is 0 Å². The molecule has 0 fully saturated rings. The van der Waals surface area contributed by atoms with Gasteiger partial charge in [-0.2, -0.15) is 0 Å². The molecule has 0 spiro atoms. The molecular formula is C20H32OS. The molecule has 1 rings (SSSR count). The second kappa shape index (κ2) is 11.6. The fourth-order valence-corrected chi connectivity index (χ4v) is 3.20. The molecule has 2 heteroatoms. The standard InChI is InChI=1S/C20H32OS/c1-3-4-5-6-7-8-9-10-11-12-16-20(22)18-14-13-15-19(21)17(18)2/h13-15,21H,3-12,16H2,1-2H3. The number of aromatic hydroxyl groups is 1. The number of rotatable bonds is 12. The number of benzene rings is 1. The van der Waals surface area contributed by atoms with Crippen LogP contribution in [0.4, 0.5) is 0 Å². The van der Waals surface area contributed by atoms with Gasteiger partial charge in [-0.3, -0.25) is 0 Å². The third kappa shape index (κ3) is 7.40. The van der Waals surface area contributed by atoms with Gasteiger partial charge >= 0.3 is 0 Å². The molecule has 0 unspecified atom stereocenters. The molecule has 0 aliphatic rings. The van der Waals surface area contributed by atoms with E-state index in [9.17, 15) is 5.11 Å². The summed E-state index contributed by atoms with van der Waals surface area (Å²) in [6.45, 7) is 4.21. The minimum Gasteiger partial charge on any atom is -0.508 e. The molecule has 0 aliphatic carbocycles. The molecule has 0 heterocycles. The summed E-state index contributed by atoms with van der Waals surface area (Å²) in [5.74, 6) is 0.350. The van der Waals surface area contributed by atoms with E-state index in [1.807, 2.05) is 19.1 Å². The van der Waals surface area contributed by atoms with Crippen LogP contribution in [0.2, 0.25) is 0 Å². The number of phenolic OH excluding ortho intramolecular Hbond substituents is 1. The molecule has 0 radical (unpaired) electrons. The Morgan fingerprint density at radius 1 is 0.909 bits per heavy atom. The minimum absolute atomic E-state index is 0.350.